The van der Waals surface area contributed by atoms with Crippen LogP contribution in [0.3, 0.4) is 0 Å². The van der Waals surface area contributed by atoms with Crippen LogP contribution in [0.1, 0.15) is 78.1 Å². The highest BCUT2D eigenvalue weighted by Crippen LogP contribution is 2.26. The van der Waals surface area contributed by atoms with Gasteiger partial charge in [-0.2, -0.15) is 0 Å². The fourth-order valence-electron chi connectivity index (χ4n) is 3.31. The van der Waals surface area contributed by atoms with Crippen molar-refractivity contribution in [1.29, 1.82) is 0 Å². The number of rotatable bonds is 6. The largest absolute Gasteiger partial charge is 0.317 e. The van der Waals surface area contributed by atoms with E-state index in [0.29, 0.717) is 25.7 Å². The molecule has 0 aliphatic carbocycles. The second kappa shape index (κ2) is 11.5. The highest BCUT2D eigenvalue weighted by Gasteiger charge is 2.28. The van der Waals surface area contributed by atoms with Crippen molar-refractivity contribution >= 4 is 17.3 Å². The van der Waals surface area contributed by atoms with Gasteiger partial charge in [0, 0.05) is 31.1 Å². The van der Waals surface area contributed by atoms with Gasteiger partial charge < -0.3 is 10.1 Å². The van der Waals surface area contributed by atoms with Crippen LogP contribution in [-0.2, 0) is 14.4 Å². The van der Waals surface area contributed by atoms with Gasteiger partial charge in [0.15, 0.2) is 0 Å². The lowest BCUT2D eigenvalue weighted by Crippen LogP contribution is -2.28. The van der Waals surface area contributed by atoms with E-state index in [1.807, 2.05) is 6.92 Å². The van der Waals surface area contributed by atoms with Gasteiger partial charge >= 0.3 is 0 Å². The molecule has 0 saturated carbocycles. The summed E-state index contributed by atoms with van der Waals surface area (Å²) in [4.78, 5) is 36.1. The van der Waals surface area contributed by atoms with Gasteiger partial charge in [0.2, 0.25) is 0 Å². The molecule has 2 unspecified atom stereocenters. The number of hydrogen-bond donors (Lipinski definition) is 1. The first-order valence-corrected chi connectivity index (χ1v) is 9.30. The first-order chi connectivity index (χ1) is 11.0. The van der Waals surface area contributed by atoms with E-state index in [4.69, 9.17) is 0 Å². The Balaban J connectivity index is 2.76. The topological polar surface area (TPSA) is 63.2 Å². The Morgan fingerprint density at radius 3 is 2.22 bits per heavy atom. The van der Waals surface area contributed by atoms with E-state index < -0.39 is 0 Å². The molecule has 0 aromatic rings. The third-order valence-corrected chi connectivity index (χ3v) is 4.83. The van der Waals surface area contributed by atoms with Crippen LogP contribution in [0, 0.1) is 11.8 Å². The molecule has 0 spiro atoms. The van der Waals surface area contributed by atoms with Crippen molar-refractivity contribution in [2.24, 2.45) is 11.8 Å². The van der Waals surface area contributed by atoms with Gasteiger partial charge in [-0.25, -0.2) is 0 Å². The van der Waals surface area contributed by atoms with Crippen LogP contribution in [-0.4, -0.2) is 30.4 Å². The zero-order valence-corrected chi connectivity index (χ0v) is 14.9. The highest BCUT2D eigenvalue weighted by molar-refractivity contribution is 5.89. The summed E-state index contributed by atoms with van der Waals surface area (Å²) < 4.78 is 0. The molecule has 1 aliphatic rings. The molecule has 23 heavy (non-hydrogen) atoms. The number of carbonyl (C=O) groups excluding carboxylic acids is 3. The Morgan fingerprint density at radius 2 is 1.65 bits per heavy atom. The van der Waals surface area contributed by atoms with E-state index in [1.54, 1.807) is 6.92 Å². The van der Waals surface area contributed by atoms with E-state index in [2.05, 4.69) is 5.32 Å². The van der Waals surface area contributed by atoms with Gasteiger partial charge in [-0.05, 0) is 52.1 Å². The van der Waals surface area contributed by atoms with E-state index in [1.165, 1.54) is 0 Å². The van der Waals surface area contributed by atoms with E-state index in [9.17, 15) is 14.4 Å². The monoisotopic (exact) mass is 323 g/mol. The van der Waals surface area contributed by atoms with Crippen LogP contribution < -0.4 is 5.32 Å². The molecule has 4 heteroatoms. The second-order valence-corrected chi connectivity index (χ2v) is 6.87. The number of ketones is 3. The Morgan fingerprint density at radius 1 is 1.04 bits per heavy atom. The quantitative estimate of drug-likeness (QED) is 0.813. The SMILES string of the molecule is CCC(=O)CC1CCCCNCCCCC(CCC(C)=O)C1=O. The summed E-state index contributed by atoms with van der Waals surface area (Å²) in [5.41, 5.74) is 0. The maximum absolute atomic E-state index is 12.9. The van der Waals surface area contributed by atoms with Crippen LogP contribution in [0.4, 0.5) is 0 Å². The molecule has 1 saturated heterocycles. The first kappa shape index (κ1) is 20.0. The third kappa shape index (κ3) is 8.40. The summed E-state index contributed by atoms with van der Waals surface area (Å²) in [6.07, 6.45) is 7.80. The predicted octanol–water partition coefficient (Wildman–Crippen LogP) is 3.47. The molecular weight excluding hydrogens is 290 g/mol. The van der Waals surface area contributed by atoms with Crippen LogP contribution in [0.2, 0.25) is 0 Å². The fraction of sp³-hybridized carbons (Fsp3) is 0.842. The minimum Gasteiger partial charge on any atom is -0.317 e. The maximum Gasteiger partial charge on any atom is 0.139 e. The predicted molar refractivity (Wildman–Crippen MR) is 92.4 cm³/mol. The van der Waals surface area contributed by atoms with Crippen molar-refractivity contribution in [2.45, 2.75) is 78.1 Å². The van der Waals surface area contributed by atoms with E-state index in [0.717, 1.165) is 51.6 Å². The van der Waals surface area contributed by atoms with Crippen molar-refractivity contribution in [1.82, 2.24) is 5.32 Å². The molecule has 1 fully saturated rings. The summed E-state index contributed by atoms with van der Waals surface area (Å²) in [6, 6.07) is 0. The van der Waals surface area contributed by atoms with Gasteiger partial charge in [-0.3, -0.25) is 9.59 Å². The molecule has 4 nitrogen and oxygen atoms in total. The molecule has 1 N–H and O–H groups in total. The Bertz CT molecular complexity index is 392. The Kier molecular flexibility index (Phi) is 10.0. The van der Waals surface area contributed by atoms with Crippen molar-refractivity contribution in [3.05, 3.63) is 0 Å². The molecule has 132 valence electrons. The number of carbonyl (C=O) groups is 3. The minimum absolute atomic E-state index is 0.0482. The molecular formula is C19H33NO3. The Hall–Kier alpha value is -1.03. The van der Waals surface area contributed by atoms with Crippen LogP contribution in [0.15, 0.2) is 0 Å². The van der Waals surface area contributed by atoms with Gasteiger partial charge in [0.25, 0.3) is 0 Å². The lowest BCUT2D eigenvalue weighted by Gasteiger charge is -2.23. The standard InChI is InChI=1S/C19H33NO3/c1-3-18(22)14-17-9-5-7-13-20-12-6-4-8-16(19(17)23)11-10-15(2)21/h16-17,20H,3-14H2,1-2H3. The van der Waals surface area contributed by atoms with Crippen molar-refractivity contribution in [2.75, 3.05) is 13.1 Å². The summed E-state index contributed by atoms with van der Waals surface area (Å²) in [5.74, 6) is 0.374. The van der Waals surface area contributed by atoms with Crippen molar-refractivity contribution in [3.8, 4) is 0 Å². The zero-order valence-electron chi connectivity index (χ0n) is 14.9. The molecule has 0 amide bonds. The minimum atomic E-state index is -0.140. The van der Waals surface area contributed by atoms with Crippen LogP contribution >= 0.6 is 0 Å². The lowest BCUT2D eigenvalue weighted by atomic mass is 9.80. The maximum atomic E-state index is 12.9. The van der Waals surface area contributed by atoms with Gasteiger partial charge in [-0.1, -0.05) is 19.8 Å². The average Bonchev–Trinajstić information content (AvgIpc) is 2.52. The highest BCUT2D eigenvalue weighted by atomic mass is 16.1. The molecule has 0 aromatic heterocycles. The lowest BCUT2D eigenvalue weighted by molar-refractivity contribution is -0.131. The van der Waals surface area contributed by atoms with Crippen molar-refractivity contribution in [3.63, 3.8) is 0 Å². The molecule has 0 radical (unpaired) electrons. The number of hydrogen-bond acceptors (Lipinski definition) is 4. The summed E-state index contributed by atoms with van der Waals surface area (Å²) in [5, 5.41) is 3.44. The molecule has 1 rings (SSSR count). The molecule has 0 bridgehead atoms. The fourth-order valence-corrected chi connectivity index (χ4v) is 3.31. The average molecular weight is 323 g/mol. The van der Waals surface area contributed by atoms with Crippen LogP contribution in [0.25, 0.3) is 0 Å². The van der Waals surface area contributed by atoms with Crippen molar-refractivity contribution < 1.29 is 14.4 Å². The smallest absolute Gasteiger partial charge is 0.139 e. The normalized spacial score (nSPS) is 24.5. The van der Waals surface area contributed by atoms with Gasteiger partial charge in [-0.15, -0.1) is 0 Å². The molecule has 2 atom stereocenters. The van der Waals surface area contributed by atoms with Gasteiger partial charge in [0.05, 0.1) is 0 Å². The summed E-state index contributed by atoms with van der Waals surface area (Å²) >= 11 is 0. The zero-order chi connectivity index (χ0) is 17.1. The summed E-state index contributed by atoms with van der Waals surface area (Å²) in [6.45, 7) is 5.45. The van der Waals surface area contributed by atoms with E-state index >= 15 is 0 Å². The third-order valence-electron chi connectivity index (χ3n) is 4.83. The molecule has 1 aliphatic heterocycles. The van der Waals surface area contributed by atoms with Crippen LogP contribution in [0.5, 0.6) is 0 Å². The second-order valence-electron chi connectivity index (χ2n) is 6.87. The first-order valence-electron chi connectivity index (χ1n) is 9.30. The number of nitrogens with one attached hydrogen (secondary N) is 1. The Labute approximate surface area is 140 Å². The molecule has 1 heterocycles. The number of Topliss-reactive ketones (excluding diaryl/α,β-unsaturated/α-hetero) is 3. The molecule has 0 aromatic carbocycles. The van der Waals surface area contributed by atoms with E-state index in [-0.39, 0.29) is 29.2 Å². The summed E-state index contributed by atoms with van der Waals surface area (Å²) in [7, 11) is 0. The van der Waals surface area contributed by atoms with Gasteiger partial charge in [0.1, 0.15) is 17.3 Å².